The van der Waals surface area contributed by atoms with Crippen LogP contribution in [0.5, 0.6) is 0 Å². The van der Waals surface area contributed by atoms with Crippen molar-refractivity contribution in [3.05, 3.63) is 51.0 Å². The first-order valence-corrected chi connectivity index (χ1v) is 7.84. The minimum Gasteiger partial charge on any atom is -0.379 e. The summed E-state index contributed by atoms with van der Waals surface area (Å²) >= 11 is 4.79. The number of hydrogen-bond donors (Lipinski definition) is 1. The van der Waals surface area contributed by atoms with E-state index in [4.69, 9.17) is 0 Å². The molecule has 3 rings (SSSR count). The van der Waals surface area contributed by atoms with E-state index in [9.17, 15) is 4.39 Å². The third kappa shape index (κ3) is 2.33. The Morgan fingerprint density at radius 2 is 2.20 bits per heavy atom. The zero-order valence-electron chi connectivity index (χ0n) is 11.1. The van der Waals surface area contributed by atoms with Crippen LogP contribution in [0.4, 0.5) is 10.1 Å². The molecule has 3 aromatic rings. The molecule has 0 aliphatic carbocycles. The average Bonchev–Trinajstić information content (AvgIpc) is 2.91. The van der Waals surface area contributed by atoms with Crippen molar-refractivity contribution in [2.45, 2.75) is 20.4 Å². The van der Waals surface area contributed by atoms with E-state index in [1.54, 1.807) is 17.4 Å². The van der Waals surface area contributed by atoms with Crippen LogP contribution in [0.3, 0.4) is 0 Å². The molecule has 0 unspecified atom stereocenters. The Hall–Kier alpha value is -1.40. The Bertz CT molecular complexity index is 778. The Kier molecular flexibility index (Phi) is 3.52. The van der Waals surface area contributed by atoms with Gasteiger partial charge in [0.2, 0.25) is 0 Å². The van der Waals surface area contributed by atoms with Crippen LogP contribution in [0.25, 0.3) is 4.96 Å². The number of halogens is 2. The van der Waals surface area contributed by atoms with Crippen LogP contribution in [-0.4, -0.2) is 9.38 Å². The van der Waals surface area contributed by atoms with Gasteiger partial charge in [0.25, 0.3) is 0 Å². The number of benzene rings is 1. The van der Waals surface area contributed by atoms with Crippen LogP contribution in [0.1, 0.15) is 17.1 Å². The molecule has 0 spiro atoms. The van der Waals surface area contributed by atoms with E-state index in [0.29, 0.717) is 11.0 Å². The van der Waals surface area contributed by atoms with E-state index in [1.165, 1.54) is 11.8 Å². The Morgan fingerprint density at radius 1 is 1.40 bits per heavy atom. The highest BCUT2D eigenvalue weighted by Crippen LogP contribution is 2.23. The molecule has 1 aromatic carbocycles. The standard InChI is InChI=1S/C14H13BrFN3S/c1-8-7-20-14-18-9(2)13(19(8)14)6-17-10-3-4-11(15)12(16)5-10/h3-5,7,17H,6H2,1-2H3. The first kappa shape index (κ1) is 13.6. The van der Waals surface area contributed by atoms with Gasteiger partial charge in [-0.2, -0.15) is 0 Å². The van der Waals surface area contributed by atoms with Gasteiger partial charge in [0.15, 0.2) is 4.96 Å². The smallest absolute Gasteiger partial charge is 0.194 e. The van der Waals surface area contributed by atoms with Crippen LogP contribution in [0.2, 0.25) is 0 Å². The fraction of sp³-hybridized carbons (Fsp3) is 0.214. The highest BCUT2D eigenvalue weighted by atomic mass is 79.9. The molecule has 0 aliphatic heterocycles. The molecule has 3 nitrogen and oxygen atoms in total. The molecule has 0 fully saturated rings. The van der Waals surface area contributed by atoms with Crippen molar-refractivity contribution in [3.63, 3.8) is 0 Å². The summed E-state index contributed by atoms with van der Waals surface area (Å²) in [6.07, 6.45) is 0. The molecule has 0 atom stereocenters. The lowest BCUT2D eigenvalue weighted by atomic mass is 10.3. The summed E-state index contributed by atoms with van der Waals surface area (Å²) in [5.41, 5.74) is 4.05. The van der Waals surface area contributed by atoms with Crippen molar-refractivity contribution in [2.24, 2.45) is 0 Å². The largest absolute Gasteiger partial charge is 0.379 e. The summed E-state index contributed by atoms with van der Waals surface area (Å²) < 4.78 is 16.1. The second kappa shape index (κ2) is 5.18. The highest BCUT2D eigenvalue weighted by Gasteiger charge is 2.12. The first-order valence-electron chi connectivity index (χ1n) is 6.17. The summed E-state index contributed by atoms with van der Waals surface area (Å²) in [5.74, 6) is -0.267. The zero-order valence-corrected chi connectivity index (χ0v) is 13.5. The number of imidazole rings is 1. The quantitative estimate of drug-likeness (QED) is 0.749. The lowest BCUT2D eigenvalue weighted by Gasteiger charge is -2.08. The van der Waals surface area contributed by atoms with Crippen molar-refractivity contribution in [1.29, 1.82) is 0 Å². The molecule has 104 valence electrons. The minimum atomic E-state index is -0.267. The normalized spacial score (nSPS) is 11.2. The number of aromatic nitrogens is 2. The molecule has 0 radical (unpaired) electrons. The van der Waals surface area contributed by atoms with E-state index in [1.807, 2.05) is 13.0 Å². The van der Waals surface area contributed by atoms with Gasteiger partial charge in [-0.1, -0.05) is 0 Å². The Balaban J connectivity index is 1.88. The predicted octanol–water partition coefficient (Wildman–Crippen LogP) is 4.53. The third-order valence-corrected chi connectivity index (χ3v) is 4.80. The molecule has 2 aromatic heterocycles. The van der Waals surface area contributed by atoms with Crippen molar-refractivity contribution in [1.82, 2.24) is 9.38 Å². The fourth-order valence-corrected chi connectivity index (χ4v) is 3.34. The molecule has 0 aliphatic rings. The summed E-state index contributed by atoms with van der Waals surface area (Å²) in [6.45, 7) is 4.68. The second-order valence-electron chi connectivity index (χ2n) is 4.62. The van der Waals surface area contributed by atoms with Crippen molar-refractivity contribution in [3.8, 4) is 0 Å². The molecule has 2 heterocycles. The van der Waals surface area contributed by atoms with E-state index >= 15 is 0 Å². The van der Waals surface area contributed by atoms with Gasteiger partial charge in [-0.15, -0.1) is 11.3 Å². The van der Waals surface area contributed by atoms with Crippen molar-refractivity contribution in [2.75, 3.05) is 5.32 Å². The van der Waals surface area contributed by atoms with Crippen LogP contribution >= 0.6 is 27.3 Å². The maximum Gasteiger partial charge on any atom is 0.194 e. The molecular weight excluding hydrogens is 341 g/mol. The number of hydrogen-bond acceptors (Lipinski definition) is 3. The van der Waals surface area contributed by atoms with E-state index < -0.39 is 0 Å². The van der Waals surface area contributed by atoms with Crippen molar-refractivity contribution >= 4 is 37.9 Å². The van der Waals surface area contributed by atoms with Crippen LogP contribution < -0.4 is 5.32 Å². The highest BCUT2D eigenvalue weighted by molar-refractivity contribution is 9.10. The summed E-state index contributed by atoms with van der Waals surface area (Å²) in [5, 5.41) is 5.34. The molecule has 1 N–H and O–H groups in total. The molecule has 0 bridgehead atoms. The monoisotopic (exact) mass is 353 g/mol. The number of anilines is 1. The van der Waals surface area contributed by atoms with E-state index in [2.05, 4.69) is 42.9 Å². The second-order valence-corrected chi connectivity index (χ2v) is 6.31. The van der Waals surface area contributed by atoms with E-state index in [0.717, 1.165) is 22.0 Å². The molecule has 20 heavy (non-hydrogen) atoms. The minimum absolute atomic E-state index is 0.267. The number of thiazole rings is 1. The third-order valence-electron chi connectivity index (χ3n) is 3.21. The molecule has 0 amide bonds. The molecule has 0 saturated carbocycles. The fourth-order valence-electron chi connectivity index (χ4n) is 2.17. The van der Waals surface area contributed by atoms with Gasteiger partial charge in [0.1, 0.15) is 5.82 Å². The Labute approximate surface area is 128 Å². The van der Waals surface area contributed by atoms with Gasteiger partial charge < -0.3 is 5.32 Å². The average molecular weight is 354 g/mol. The topological polar surface area (TPSA) is 29.3 Å². The maximum absolute atomic E-state index is 13.5. The number of aryl methyl sites for hydroxylation is 2. The molecular formula is C14H13BrFN3S. The van der Waals surface area contributed by atoms with Gasteiger partial charge in [0, 0.05) is 16.8 Å². The summed E-state index contributed by atoms with van der Waals surface area (Å²) in [4.78, 5) is 5.54. The number of nitrogens with one attached hydrogen (secondary N) is 1. The number of nitrogens with zero attached hydrogens (tertiary/aromatic N) is 2. The SMILES string of the molecule is Cc1nc2scc(C)n2c1CNc1ccc(Br)c(F)c1. The van der Waals surface area contributed by atoms with E-state index in [-0.39, 0.29) is 5.82 Å². The zero-order chi connectivity index (χ0) is 14.3. The van der Waals surface area contributed by atoms with Crippen molar-refractivity contribution < 1.29 is 4.39 Å². The summed E-state index contributed by atoms with van der Waals surface area (Å²) in [7, 11) is 0. The maximum atomic E-state index is 13.5. The first-order chi connectivity index (χ1) is 9.56. The van der Waals surface area contributed by atoms with Gasteiger partial charge in [-0.3, -0.25) is 4.40 Å². The van der Waals surface area contributed by atoms with Gasteiger partial charge >= 0.3 is 0 Å². The van der Waals surface area contributed by atoms with Gasteiger partial charge in [0.05, 0.1) is 22.4 Å². The Morgan fingerprint density at radius 3 is 2.95 bits per heavy atom. The van der Waals surface area contributed by atoms with Crippen LogP contribution in [-0.2, 0) is 6.54 Å². The van der Waals surface area contributed by atoms with Gasteiger partial charge in [-0.05, 0) is 48.0 Å². The van der Waals surface area contributed by atoms with Crippen LogP contribution in [0, 0.1) is 19.7 Å². The van der Waals surface area contributed by atoms with Gasteiger partial charge in [-0.25, -0.2) is 9.37 Å². The molecule has 6 heteroatoms. The predicted molar refractivity (Wildman–Crippen MR) is 84.0 cm³/mol. The number of fused-ring (bicyclic) bond motifs is 1. The molecule has 0 saturated heterocycles. The lowest BCUT2D eigenvalue weighted by Crippen LogP contribution is -2.05. The number of rotatable bonds is 3. The van der Waals surface area contributed by atoms with Crippen LogP contribution in [0.15, 0.2) is 28.1 Å². The summed E-state index contributed by atoms with van der Waals surface area (Å²) in [6, 6.07) is 5.03. The lowest BCUT2D eigenvalue weighted by molar-refractivity contribution is 0.621.